The first-order valence-corrected chi connectivity index (χ1v) is 9.92. The average Bonchev–Trinajstić information content (AvgIpc) is 3.40. The van der Waals surface area contributed by atoms with Crippen LogP contribution in [-0.4, -0.2) is 65.0 Å². The molecule has 0 saturated carbocycles. The molecule has 0 bridgehead atoms. The molecule has 2 fully saturated rings. The Morgan fingerprint density at radius 2 is 1.90 bits per heavy atom. The van der Waals surface area contributed by atoms with E-state index >= 15 is 0 Å². The zero-order valence-electron chi connectivity index (χ0n) is 16.4. The van der Waals surface area contributed by atoms with Crippen molar-refractivity contribution in [1.82, 2.24) is 19.9 Å². The molecule has 0 aliphatic carbocycles. The Morgan fingerprint density at radius 3 is 2.59 bits per heavy atom. The van der Waals surface area contributed by atoms with Gasteiger partial charge in [0.05, 0.1) is 39.2 Å². The van der Waals surface area contributed by atoms with Crippen molar-refractivity contribution in [2.24, 2.45) is 0 Å². The zero-order chi connectivity index (χ0) is 19.8. The zero-order valence-corrected chi connectivity index (χ0v) is 16.4. The average molecular weight is 400 g/mol. The molecular weight excluding hydrogens is 376 g/mol. The van der Waals surface area contributed by atoms with Crippen LogP contribution in [0.4, 0.5) is 0 Å². The van der Waals surface area contributed by atoms with Gasteiger partial charge in [-0.05, 0) is 17.7 Å². The number of nitrogens with zero attached hydrogens (tertiary/aromatic N) is 4. The van der Waals surface area contributed by atoms with E-state index in [1.807, 2.05) is 24.3 Å². The van der Waals surface area contributed by atoms with Crippen LogP contribution in [-0.2, 0) is 27.4 Å². The lowest BCUT2D eigenvalue weighted by Gasteiger charge is -2.37. The number of hydrogen-bond donors (Lipinski definition) is 0. The second-order valence-electron chi connectivity index (χ2n) is 7.54. The number of piperidine rings is 1. The van der Waals surface area contributed by atoms with Gasteiger partial charge in [-0.1, -0.05) is 17.3 Å². The van der Waals surface area contributed by atoms with Gasteiger partial charge in [0.15, 0.2) is 11.5 Å². The number of carbonyl (C=O) groups excluding carboxylic acids is 1. The van der Waals surface area contributed by atoms with Gasteiger partial charge in [-0.15, -0.1) is 5.10 Å². The van der Waals surface area contributed by atoms with Crippen molar-refractivity contribution < 1.29 is 23.7 Å². The van der Waals surface area contributed by atoms with E-state index in [1.54, 1.807) is 16.7 Å². The normalized spacial score (nSPS) is 23.2. The van der Waals surface area contributed by atoms with Crippen molar-refractivity contribution in [3.8, 4) is 5.75 Å². The topological polar surface area (TPSA) is 87.9 Å². The molecule has 3 aliphatic rings. The smallest absolute Gasteiger partial charge is 0.276 e. The lowest BCUT2D eigenvalue weighted by atomic mass is 10.0. The van der Waals surface area contributed by atoms with E-state index in [-0.39, 0.29) is 12.0 Å². The molecule has 5 rings (SSSR count). The van der Waals surface area contributed by atoms with E-state index in [9.17, 15) is 4.79 Å². The minimum Gasteiger partial charge on any atom is -0.497 e. The largest absolute Gasteiger partial charge is 0.497 e. The highest BCUT2D eigenvalue weighted by molar-refractivity contribution is 5.93. The second kappa shape index (κ2) is 7.40. The molecule has 9 nitrogen and oxygen atoms in total. The van der Waals surface area contributed by atoms with Crippen LogP contribution < -0.4 is 4.74 Å². The summed E-state index contributed by atoms with van der Waals surface area (Å²) in [5, 5.41) is 8.39. The van der Waals surface area contributed by atoms with Crippen molar-refractivity contribution >= 4 is 5.91 Å². The van der Waals surface area contributed by atoms with Crippen LogP contribution >= 0.6 is 0 Å². The lowest BCUT2D eigenvalue weighted by molar-refractivity contribution is -0.181. The summed E-state index contributed by atoms with van der Waals surface area (Å²) in [6, 6.07) is 7.78. The molecule has 29 heavy (non-hydrogen) atoms. The summed E-state index contributed by atoms with van der Waals surface area (Å²) in [6.07, 6.45) is 1.22. The molecule has 0 N–H and O–H groups in total. The van der Waals surface area contributed by atoms with Crippen molar-refractivity contribution in [2.75, 3.05) is 33.4 Å². The summed E-state index contributed by atoms with van der Waals surface area (Å²) < 4.78 is 24.5. The number of benzene rings is 1. The number of amides is 1. The second-order valence-corrected chi connectivity index (χ2v) is 7.54. The molecule has 9 heteroatoms. The molecule has 1 atom stereocenters. The minimum absolute atomic E-state index is 0.106. The van der Waals surface area contributed by atoms with E-state index in [4.69, 9.17) is 18.9 Å². The Labute approximate surface area is 168 Å². The number of ether oxygens (including phenoxy) is 4. The molecule has 1 aromatic heterocycles. The standard InChI is InChI=1S/C20H24N4O5/c1-26-15-4-2-14(3-5-15)17-12-24-16(13-27-17)18(21-22-24)19(25)23-8-6-20(7-9-23)28-10-11-29-20/h2-5,17H,6-13H2,1H3/t17-/m1/s1. The summed E-state index contributed by atoms with van der Waals surface area (Å²) in [5.41, 5.74) is 2.15. The fourth-order valence-electron chi connectivity index (χ4n) is 4.18. The van der Waals surface area contributed by atoms with Crippen LogP contribution in [0.5, 0.6) is 5.75 Å². The van der Waals surface area contributed by atoms with Gasteiger partial charge in [-0.2, -0.15) is 0 Å². The van der Waals surface area contributed by atoms with Gasteiger partial charge in [0.25, 0.3) is 5.91 Å². The van der Waals surface area contributed by atoms with Crippen molar-refractivity contribution in [3.63, 3.8) is 0 Å². The lowest BCUT2D eigenvalue weighted by Crippen LogP contribution is -2.47. The quantitative estimate of drug-likeness (QED) is 0.772. The molecule has 1 amide bonds. The van der Waals surface area contributed by atoms with Crippen molar-refractivity contribution in [1.29, 1.82) is 0 Å². The molecule has 1 spiro atoms. The summed E-state index contributed by atoms with van der Waals surface area (Å²) in [6.45, 7) is 3.24. The molecule has 1 aromatic carbocycles. The van der Waals surface area contributed by atoms with Gasteiger partial charge in [0.1, 0.15) is 11.9 Å². The number of carbonyl (C=O) groups is 1. The maximum absolute atomic E-state index is 13.0. The highest BCUT2D eigenvalue weighted by Gasteiger charge is 2.41. The van der Waals surface area contributed by atoms with Crippen molar-refractivity contribution in [3.05, 3.63) is 41.2 Å². The van der Waals surface area contributed by atoms with Crippen LogP contribution in [0.15, 0.2) is 24.3 Å². The number of fused-ring (bicyclic) bond motifs is 1. The molecule has 4 heterocycles. The molecule has 2 saturated heterocycles. The van der Waals surface area contributed by atoms with Gasteiger partial charge in [-0.25, -0.2) is 4.68 Å². The first-order chi connectivity index (χ1) is 14.2. The van der Waals surface area contributed by atoms with Gasteiger partial charge >= 0.3 is 0 Å². The molecule has 2 aromatic rings. The molecule has 0 unspecified atom stereocenters. The number of methoxy groups -OCH3 is 1. The summed E-state index contributed by atoms with van der Waals surface area (Å²) in [4.78, 5) is 14.8. The maximum atomic E-state index is 13.0. The third-order valence-corrected chi connectivity index (χ3v) is 5.91. The fourth-order valence-corrected chi connectivity index (χ4v) is 4.18. The van der Waals surface area contributed by atoms with E-state index < -0.39 is 5.79 Å². The highest BCUT2D eigenvalue weighted by Crippen LogP contribution is 2.33. The summed E-state index contributed by atoms with van der Waals surface area (Å²) in [7, 11) is 1.64. The van der Waals surface area contributed by atoms with Crippen LogP contribution in [0.3, 0.4) is 0 Å². The predicted molar refractivity (Wildman–Crippen MR) is 100 cm³/mol. The van der Waals surface area contributed by atoms with Crippen LogP contribution in [0.1, 0.15) is 40.7 Å². The Hall–Kier alpha value is -2.49. The van der Waals surface area contributed by atoms with Crippen LogP contribution in [0.2, 0.25) is 0 Å². The van der Waals surface area contributed by atoms with Crippen molar-refractivity contribution in [2.45, 2.75) is 37.9 Å². The first kappa shape index (κ1) is 18.5. The number of likely N-dealkylation sites (tertiary alicyclic amines) is 1. The van der Waals surface area contributed by atoms with E-state index in [0.29, 0.717) is 58.0 Å². The molecule has 0 radical (unpaired) electrons. The summed E-state index contributed by atoms with van der Waals surface area (Å²) in [5.74, 6) is 0.193. The molecule has 154 valence electrons. The predicted octanol–water partition coefficient (Wildman–Crippen LogP) is 1.54. The van der Waals surface area contributed by atoms with Gasteiger partial charge in [0.2, 0.25) is 0 Å². The number of aromatic nitrogens is 3. The van der Waals surface area contributed by atoms with E-state index in [2.05, 4.69) is 10.3 Å². The Morgan fingerprint density at radius 1 is 1.17 bits per heavy atom. The molecule has 3 aliphatic heterocycles. The Kier molecular flexibility index (Phi) is 4.73. The number of hydrogen-bond acceptors (Lipinski definition) is 7. The Bertz CT molecular complexity index is 881. The van der Waals surface area contributed by atoms with Crippen LogP contribution in [0, 0.1) is 0 Å². The minimum atomic E-state index is -0.503. The van der Waals surface area contributed by atoms with Crippen LogP contribution in [0.25, 0.3) is 0 Å². The Balaban J connectivity index is 1.27. The fraction of sp³-hybridized carbons (Fsp3) is 0.550. The maximum Gasteiger partial charge on any atom is 0.276 e. The third kappa shape index (κ3) is 3.39. The van der Waals surface area contributed by atoms with E-state index in [0.717, 1.165) is 17.0 Å². The van der Waals surface area contributed by atoms with Gasteiger partial charge < -0.3 is 23.8 Å². The van der Waals surface area contributed by atoms with Gasteiger partial charge in [0, 0.05) is 25.9 Å². The molecular formula is C20H24N4O5. The van der Waals surface area contributed by atoms with E-state index in [1.165, 1.54) is 0 Å². The highest BCUT2D eigenvalue weighted by atomic mass is 16.7. The SMILES string of the molecule is COc1ccc([C@H]2Cn3nnc(C(=O)N4CCC5(CC4)OCCO5)c3CO2)cc1. The number of rotatable bonds is 3. The van der Waals surface area contributed by atoms with Gasteiger partial charge in [-0.3, -0.25) is 4.79 Å². The third-order valence-electron chi connectivity index (χ3n) is 5.91. The monoisotopic (exact) mass is 400 g/mol. The first-order valence-electron chi connectivity index (χ1n) is 9.92. The summed E-state index contributed by atoms with van der Waals surface area (Å²) >= 11 is 0.